The van der Waals surface area contributed by atoms with Gasteiger partial charge in [0.2, 0.25) is 5.95 Å². The Morgan fingerprint density at radius 1 is 0.767 bits per heavy atom. The lowest BCUT2D eigenvalue weighted by atomic mass is 10.1. The van der Waals surface area contributed by atoms with Gasteiger partial charge in [0, 0.05) is 47.7 Å². The molecule has 0 saturated heterocycles. The van der Waals surface area contributed by atoms with Gasteiger partial charge in [-0.25, -0.2) is 9.67 Å². The van der Waals surface area contributed by atoms with Crippen molar-refractivity contribution in [2.24, 2.45) is 0 Å². The van der Waals surface area contributed by atoms with Crippen molar-refractivity contribution < 1.29 is 4.74 Å². The van der Waals surface area contributed by atoms with E-state index in [1.54, 1.807) is 12.4 Å². The highest BCUT2D eigenvalue weighted by Gasteiger charge is 2.14. The van der Waals surface area contributed by atoms with Crippen LogP contribution in [0.1, 0.15) is 0 Å². The van der Waals surface area contributed by atoms with Crippen molar-refractivity contribution in [2.45, 2.75) is 0 Å². The van der Waals surface area contributed by atoms with Crippen LogP contribution in [0.5, 0.6) is 11.5 Å². The zero-order valence-corrected chi connectivity index (χ0v) is 15.9. The number of H-pyrrole nitrogens is 1. The Balaban J connectivity index is 1.47. The second kappa shape index (κ2) is 6.63. The number of para-hydroxylation sites is 1. The van der Waals surface area contributed by atoms with E-state index < -0.39 is 0 Å². The Labute approximate surface area is 172 Å². The van der Waals surface area contributed by atoms with Crippen molar-refractivity contribution in [2.75, 3.05) is 0 Å². The topological polar surface area (TPSA) is 60.7 Å². The lowest BCUT2D eigenvalue weighted by Gasteiger charge is -2.09. The molecule has 0 unspecified atom stereocenters. The summed E-state index contributed by atoms with van der Waals surface area (Å²) in [6, 6.07) is 24.3. The number of ether oxygens (including phenoxy) is 1. The van der Waals surface area contributed by atoms with E-state index in [1.807, 2.05) is 59.5 Å². The van der Waals surface area contributed by atoms with Gasteiger partial charge < -0.3 is 9.72 Å². The third-order valence-electron chi connectivity index (χ3n) is 5.16. The molecule has 0 fully saturated rings. The first kappa shape index (κ1) is 16.6. The zero-order chi connectivity index (χ0) is 19.9. The maximum absolute atomic E-state index is 6.21. The van der Waals surface area contributed by atoms with Crippen molar-refractivity contribution in [1.82, 2.24) is 24.3 Å². The van der Waals surface area contributed by atoms with E-state index in [4.69, 9.17) is 4.74 Å². The van der Waals surface area contributed by atoms with E-state index in [2.05, 4.69) is 50.0 Å². The van der Waals surface area contributed by atoms with Crippen LogP contribution in [0, 0.1) is 0 Å². The molecule has 0 spiro atoms. The van der Waals surface area contributed by atoms with Crippen molar-refractivity contribution in [1.29, 1.82) is 0 Å². The van der Waals surface area contributed by atoms with Crippen LogP contribution in [0.25, 0.3) is 33.4 Å². The third kappa shape index (κ3) is 2.66. The maximum Gasteiger partial charge on any atom is 0.212 e. The number of rotatable bonds is 4. The van der Waals surface area contributed by atoms with Gasteiger partial charge in [0.25, 0.3) is 0 Å². The fourth-order valence-corrected chi connectivity index (χ4v) is 3.87. The molecule has 6 aromatic rings. The molecule has 6 rings (SSSR count). The minimum Gasteiger partial charge on any atom is -0.457 e. The largest absolute Gasteiger partial charge is 0.457 e. The van der Waals surface area contributed by atoms with E-state index in [0.717, 1.165) is 39.6 Å². The first-order valence-corrected chi connectivity index (χ1v) is 9.68. The number of benzene rings is 3. The van der Waals surface area contributed by atoms with Crippen LogP contribution in [0.4, 0.5) is 0 Å². The van der Waals surface area contributed by atoms with Crippen LogP contribution < -0.4 is 4.74 Å². The van der Waals surface area contributed by atoms with Crippen LogP contribution in [0.2, 0.25) is 0 Å². The summed E-state index contributed by atoms with van der Waals surface area (Å²) in [6.07, 6.45) is 7.26. The minimum absolute atomic E-state index is 0.753. The Bertz CT molecular complexity index is 1460. The fourth-order valence-electron chi connectivity index (χ4n) is 3.87. The molecule has 0 amide bonds. The molecule has 3 aromatic carbocycles. The highest BCUT2D eigenvalue weighted by molar-refractivity contribution is 6.09. The van der Waals surface area contributed by atoms with E-state index in [1.165, 1.54) is 5.39 Å². The molecule has 6 heteroatoms. The van der Waals surface area contributed by atoms with Crippen molar-refractivity contribution in [3.8, 4) is 23.1 Å². The minimum atomic E-state index is 0.753. The molecule has 30 heavy (non-hydrogen) atoms. The number of nitrogens with one attached hydrogen (secondary N) is 1. The number of aromatic nitrogens is 5. The Morgan fingerprint density at radius 3 is 2.53 bits per heavy atom. The number of hydrogen-bond donors (Lipinski definition) is 1. The van der Waals surface area contributed by atoms with Crippen LogP contribution in [0.15, 0.2) is 97.6 Å². The van der Waals surface area contributed by atoms with Gasteiger partial charge in [-0.05, 0) is 36.4 Å². The lowest BCUT2D eigenvalue weighted by Crippen LogP contribution is -1.96. The summed E-state index contributed by atoms with van der Waals surface area (Å²) in [5, 5.41) is 6.62. The number of nitrogens with zero attached hydrogens (tertiary/aromatic N) is 4. The van der Waals surface area contributed by atoms with Crippen molar-refractivity contribution in [3.63, 3.8) is 0 Å². The van der Waals surface area contributed by atoms with Crippen molar-refractivity contribution in [3.05, 3.63) is 97.6 Å². The summed E-state index contributed by atoms with van der Waals surface area (Å²) in [4.78, 5) is 7.69. The Morgan fingerprint density at radius 2 is 1.67 bits per heavy atom. The summed E-state index contributed by atoms with van der Waals surface area (Å²) in [5.74, 6) is 2.29. The van der Waals surface area contributed by atoms with E-state index >= 15 is 0 Å². The third-order valence-corrected chi connectivity index (χ3v) is 5.16. The van der Waals surface area contributed by atoms with Crippen LogP contribution in [-0.4, -0.2) is 24.3 Å². The Kier molecular flexibility index (Phi) is 3.67. The normalized spacial score (nSPS) is 11.3. The molecular weight excluding hydrogens is 374 g/mol. The second-order valence-electron chi connectivity index (χ2n) is 6.99. The number of hydrogen-bond acceptors (Lipinski definition) is 3. The van der Waals surface area contributed by atoms with Gasteiger partial charge in [-0.2, -0.15) is 5.10 Å². The zero-order valence-electron chi connectivity index (χ0n) is 15.9. The molecular formula is C24H17N5O. The average Bonchev–Trinajstić information content (AvgIpc) is 3.53. The van der Waals surface area contributed by atoms with Gasteiger partial charge in [0.05, 0.1) is 16.7 Å². The SMILES string of the molecule is c1cc(Oc2ccc3c4ccccc4n(-c4ncc[nH]4)c3c2)cc(-n2cccn2)c1. The molecule has 0 saturated carbocycles. The van der Waals surface area contributed by atoms with Gasteiger partial charge in [-0.1, -0.05) is 24.3 Å². The second-order valence-corrected chi connectivity index (χ2v) is 6.99. The molecule has 0 atom stereocenters. The molecule has 0 aliphatic carbocycles. The summed E-state index contributed by atoms with van der Waals surface area (Å²) in [5.41, 5.74) is 3.08. The Hall–Kier alpha value is -4.32. The molecule has 6 nitrogen and oxygen atoms in total. The highest BCUT2D eigenvalue weighted by atomic mass is 16.5. The van der Waals surface area contributed by atoms with Gasteiger partial charge in [0.15, 0.2) is 0 Å². The summed E-state index contributed by atoms with van der Waals surface area (Å²) in [7, 11) is 0. The number of aromatic amines is 1. The standard InChI is InChI=1S/C24H17N5O/c1-2-8-22-20(7-1)21-10-9-19(16-23(21)29(22)24-25-12-13-26-24)30-18-6-3-5-17(15-18)28-14-4-11-27-28/h1-16H,(H,25,26). The maximum atomic E-state index is 6.21. The van der Waals surface area contributed by atoms with Gasteiger partial charge >= 0.3 is 0 Å². The molecule has 144 valence electrons. The summed E-state index contributed by atoms with van der Waals surface area (Å²) < 4.78 is 10.1. The van der Waals surface area contributed by atoms with Crippen molar-refractivity contribution >= 4 is 21.8 Å². The predicted molar refractivity (Wildman–Crippen MR) is 117 cm³/mol. The lowest BCUT2D eigenvalue weighted by molar-refractivity contribution is 0.483. The average molecular weight is 391 g/mol. The first-order valence-electron chi connectivity index (χ1n) is 9.68. The smallest absolute Gasteiger partial charge is 0.212 e. The first-order chi connectivity index (χ1) is 14.9. The molecule has 0 bridgehead atoms. The quantitative estimate of drug-likeness (QED) is 0.433. The predicted octanol–water partition coefficient (Wildman–Crippen LogP) is 5.48. The fraction of sp³-hybridized carbons (Fsp3) is 0. The van der Waals surface area contributed by atoms with Gasteiger partial charge in [-0.3, -0.25) is 4.57 Å². The highest BCUT2D eigenvalue weighted by Crippen LogP contribution is 2.34. The molecule has 0 aliphatic heterocycles. The van der Waals surface area contributed by atoms with Gasteiger partial charge in [0.1, 0.15) is 11.5 Å². The molecule has 1 N–H and O–H groups in total. The number of fused-ring (bicyclic) bond motifs is 3. The molecule has 0 radical (unpaired) electrons. The van der Waals surface area contributed by atoms with E-state index in [0.29, 0.717) is 0 Å². The molecule has 0 aliphatic rings. The van der Waals surface area contributed by atoms with E-state index in [9.17, 15) is 0 Å². The van der Waals surface area contributed by atoms with Crippen LogP contribution >= 0.6 is 0 Å². The molecule has 3 heterocycles. The summed E-state index contributed by atoms with van der Waals surface area (Å²) >= 11 is 0. The van der Waals surface area contributed by atoms with E-state index in [-0.39, 0.29) is 0 Å². The summed E-state index contributed by atoms with van der Waals surface area (Å²) in [6.45, 7) is 0. The molecule has 3 aromatic heterocycles. The number of imidazole rings is 1. The van der Waals surface area contributed by atoms with Crippen LogP contribution in [-0.2, 0) is 0 Å². The monoisotopic (exact) mass is 391 g/mol. The van der Waals surface area contributed by atoms with Gasteiger partial charge in [-0.15, -0.1) is 0 Å². The van der Waals surface area contributed by atoms with Crippen LogP contribution in [0.3, 0.4) is 0 Å².